The molecule has 3 fully saturated rings. The minimum atomic E-state index is 0.281. The van der Waals surface area contributed by atoms with Crippen LogP contribution >= 0.6 is 0 Å². The number of ether oxygens (including phenoxy) is 1. The topological polar surface area (TPSA) is 35.2 Å². The van der Waals surface area contributed by atoms with Crippen molar-refractivity contribution in [3.63, 3.8) is 0 Å². The number of hydrogen-bond donors (Lipinski definition) is 1. The van der Waals surface area contributed by atoms with Gasteiger partial charge in [0.05, 0.1) is 5.60 Å². The van der Waals surface area contributed by atoms with E-state index >= 15 is 0 Å². The molecule has 0 aromatic heterocycles. The Bertz CT molecular complexity index is 298. The van der Waals surface area contributed by atoms with Gasteiger partial charge in [-0.2, -0.15) is 0 Å². The average molecular weight is 265 g/mol. The molecule has 1 saturated heterocycles. The van der Waals surface area contributed by atoms with Gasteiger partial charge in [-0.05, 0) is 68.7 Å². The maximum atomic E-state index is 6.21. The first kappa shape index (κ1) is 13.9. The molecule has 1 heterocycles. The molecule has 0 aromatic carbocycles. The van der Waals surface area contributed by atoms with Crippen LogP contribution < -0.4 is 5.73 Å². The van der Waals surface area contributed by atoms with E-state index in [4.69, 9.17) is 10.5 Å². The van der Waals surface area contributed by atoms with Crippen LogP contribution in [0.25, 0.3) is 0 Å². The van der Waals surface area contributed by atoms with Gasteiger partial charge < -0.3 is 10.5 Å². The Balaban J connectivity index is 1.69. The number of hydrogen-bond acceptors (Lipinski definition) is 2. The fraction of sp³-hybridized carbons (Fsp3) is 1.00. The third kappa shape index (κ3) is 2.85. The van der Waals surface area contributed by atoms with Crippen molar-refractivity contribution in [1.29, 1.82) is 0 Å². The molecule has 0 radical (unpaired) electrons. The molecule has 2 heteroatoms. The van der Waals surface area contributed by atoms with Crippen LogP contribution in [-0.2, 0) is 4.74 Å². The molecule has 0 aromatic rings. The summed E-state index contributed by atoms with van der Waals surface area (Å²) in [5.41, 5.74) is 6.34. The van der Waals surface area contributed by atoms with Gasteiger partial charge in [-0.3, -0.25) is 0 Å². The molecule has 0 amide bonds. The molecule has 3 rings (SSSR count). The molecule has 4 atom stereocenters. The highest BCUT2D eigenvalue weighted by molar-refractivity contribution is 4.95. The largest absolute Gasteiger partial charge is 0.375 e. The lowest BCUT2D eigenvalue weighted by molar-refractivity contribution is -0.110. The summed E-state index contributed by atoms with van der Waals surface area (Å²) in [6, 6.07) is 0. The first-order chi connectivity index (χ1) is 9.22. The highest BCUT2D eigenvalue weighted by Gasteiger charge is 2.44. The van der Waals surface area contributed by atoms with E-state index in [1.165, 1.54) is 57.8 Å². The van der Waals surface area contributed by atoms with Gasteiger partial charge in [0.1, 0.15) is 0 Å². The summed E-state index contributed by atoms with van der Waals surface area (Å²) in [5, 5.41) is 0. The summed E-state index contributed by atoms with van der Waals surface area (Å²) in [7, 11) is 0. The summed E-state index contributed by atoms with van der Waals surface area (Å²) < 4.78 is 6.21. The molecule has 2 N–H and O–H groups in total. The van der Waals surface area contributed by atoms with Crippen molar-refractivity contribution in [3.8, 4) is 0 Å². The van der Waals surface area contributed by atoms with Gasteiger partial charge in [0.2, 0.25) is 0 Å². The van der Waals surface area contributed by atoms with Crippen LogP contribution in [0.2, 0.25) is 0 Å². The van der Waals surface area contributed by atoms with Gasteiger partial charge in [0.25, 0.3) is 0 Å². The third-order valence-electron chi connectivity index (χ3n) is 6.26. The Hall–Kier alpha value is -0.0800. The molecule has 1 aliphatic heterocycles. The van der Waals surface area contributed by atoms with Gasteiger partial charge in [0, 0.05) is 6.61 Å². The second-order valence-corrected chi connectivity index (χ2v) is 7.57. The summed E-state index contributed by atoms with van der Waals surface area (Å²) in [6.07, 6.45) is 12.2. The van der Waals surface area contributed by atoms with Crippen LogP contribution in [0.1, 0.15) is 64.7 Å². The average Bonchev–Trinajstić information content (AvgIpc) is 2.86. The summed E-state index contributed by atoms with van der Waals surface area (Å²) >= 11 is 0. The lowest BCUT2D eigenvalue weighted by Crippen LogP contribution is -2.43. The second kappa shape index (κ2) is 5.73. The second-order valence-electron chi connectivity index (χ2n) is 7.57. The highest BCUT2D eigenvalue weighted by atomic mass is 16.5. The van der Waals surface area contributed by atoms with E-state index in [9.17, 15) is 0 Å². The van der Waals surface area contributed by atoms with E-state index in [1.54, 1.807) is 0 Å². The van der Waals surface area contributed by atoms with E-state index in [0.717, 1.165) is 36.8 Å². The highest BCUT2D eigenvalue weighted by Crippen LogP contribution is 2.48. The number of rotatable bonds is 2. The molecule has 19 heavy (non-hydrogen) atoms. The maximum Gasteiger partial charge on any atom is 0.0685 e. The van der Waals surface area contributed by atoms with Crippen LogP contribution in [0.15, 0.2) is 0 Å². The predicted molar refractivity (Wildman–Crippen MR) is 78.9 cm³/mol. The van der Waals surface area contributed by atoms with Crippen LogP contribution in [0.3, 0.4) is 0 Å². The Kier molecular flexibility index (Phi) is 4.19. The molecule has 0 bridgehead atoms. The smallest absolute Gasteiger partial charge is 0.0685 e. The Morgan fingerprint density at radius 1 is 1.16 bits per heavy atom. The van der Waals surface area contributed by atoms with Crippen LogP contribution in [0.5, 0.6) is 0 Å². The predicted octanol–water partition coefficient (Wildman–Crippen LogP) is 3.74. The number of nitrogens with two attached hydrogens (primary N) is 1. The summed E-state index contributed by atoms with van der Waals surface area (Å²) in [4.78, 5) is 0. The zero-order chi connectivity index (χ0) is 13.3. The fourth-order valence-corrected chi connectivity index (χ4v) is 5.16. The normalized spacial score (nSPS) is 42.6. The van der Waals surface area contributed by atoms with Gasteiger partial charge >= 0.3 is 0 Å². The SMILES string of the molecule is CC1CCC(CN)C(C2CCOC3(CCCC3)C2)C1. The van der Waals surface area contributed by atoms with E-state index in [1.807, 2.05) is 0 Å². The molecule has 2 nitrogen and oxygen atoms in total. The van der Waals surface area contributed by atoms with Gasteiger partial charge in [-0.15, -0.1) is 0 Å². The van der Waals surface area contributed by atoms with Crippen LogP contribution in [0, 0.1) is 23.7 Å². The molecule has 3 aliphatic rings. The summed E-state index contributed by atoms with van der Waals surface area (Å²) in [6.45, 7) is 4.35. The molecule has 2 aliphatic carbocycles. The molecule has 110 valence electrons. The van der Waals surface area contributed by atoms with Crippen molar-refractivity contribution in [2.75, 3.05) is 13.2 Å². The zero-order valence-electron chi connectivity index (χ0n) is 12.6. The lowest BCUT2D eigenvalue weighted by atomic mass is 9.65. The van der Waals surface area contributed by atoms with Crippen molar-refractivity contribution in [1.82, 2.24) is 0 Å². The van der Waals surface area contributed by atoms with E-state index < -0.39 is 0 Å². The standard InChI is InChI=1S/C17H31NO/c1-13-4-5-15(12-18)16(10-13)14-6-9-19-17(11-14)7-2-3-8-17/h13-16H,2-12,18H2,1H3. The first-order valence-corrected chi connectivity index (χ1v) is 8.56. The van der Waals surface area contributed by atoms with Gasteiger partial charge in [0.15, 0.2) is 0 Å². The van der Waals surface area contributed by atoms with E-state index in [2.05, 4.69) is 6.92 Å². The fourth-order valence-electron chi connectivity index (χ4n) is 5.16. The Morgan fingerprint density at radius 2 is 1.95 bits per heavy atom. The Morgan fingerprint density at radius 3 is 2.68 bits per heavy atom. The molecular formula is C17H31NO. The minimum Gasteiger partial charge on any atom is -0.375 e. The van der Waals surface area contributed by atoms with Crippen LogP contribution in [-0.4, -0.2) is 18.8 Å². The first-order valence-electron chi connectivity index (χ1n) is 8.56. The monoisotopic (exact) mass is 265 g/mol. The van der Waals surface area contributed by atoms with E-state index in [0.29, 0.717) is 0 Å². The van der Waals surface area contributed by atoms with Crippen molar-refractivity contribution in [2.24, 2.45) is 29.4 Å². The summed E-state index contributed by atoms with van der Waals surface area (Å²) in [5.74, 6) is 3.48. The maximum absolute atomic E-state index is 6.21. The lowest BCUT2D eigenvalue weighted by Gasteiger charge is -2.46. The van der Waals surface area contributed by atoms with E-state index in [-0.39, 0.29) is 5.60 Å². The van der Waals surface area contributed by atoms with Crippen molar-refractivity contribution < 1.29 is 4.74 Å². The Labute approximate surface area is 118 Å². The quantitative estimate of drug-likeness (QED) is 0.825. The molecule has 4 unspecified atom stereocenters. The van der Waals surface area contributed by atoms with Crippen molar-refractivity contribution in [2.45, 2.75) is 70.3 Å². The van der Waals surface area contributed by atoms with Gasteiger partial charge in [-0.1, -0.05) is 26.2 Å². The van der Waals surface area contributed by atoms with Crippen molar-refractivity contribution in [3.05, 3.63) is 0 Å². The third-order valence-corrected chi connectivity index (χ3v) is 6.26. The molecular weight excluding hydrogens is 234 g/mol. The molecule has 2 saturated carbocycles. The molecule has 1 spiro atoms. The minimum absolute atomic E-state index is 0.281. The van der Waals surface area contributed by atoms with Crippen molar-refractivity contribution >= 4 is 0 Å². The zero-order valence-corrected chi connectivity index (χ0v) is 12.6. The van der Waals surface area contributed by atoms with Gasteiger partial charge in [-0.25, -0.2) is 0 Å². The van der Waals surface area contributed by atoms with Crippen LogP contribution in [0.4, 0.5) is 0 Å².